The van der Waals surface area contributed by atoms with Gasteiger partial charge in [0.1, 0.15) is 5.60 Å². The van der Waals surface area contributed by atoms with Crippen molar-refractivity contribution in [3.05, 3.63) is 28.7 Å². The van der Waals surface area contributed by atoms with Crippen LogP contribution in [0.5, 0.6) is 0 Å². The number of carbonyl (C=O) groups is 1. The summed E-state index contributed by atoms with van der Waals surface area (Å²) in [5.74, 6) is 0. The van der Waals surface area contributed by atoms with Crippen LogP contribution in [0.1, 0.15) is 33.6 Å². The molecule has 1 saturated heterocycles. The van der Waals surface area contributed by atoms with Crippen molar-refractivity contribution < 1.29 is 9.53 Å². The van der Waals surface area contributed by atoms with Gasteiger partial charge in [0.15, 0.2) is 0 Å². The molecule has 0 bridgehead atoms. The third-order valence-electron chi connectivity index (χ3n) is 3.27. The second-order valence-corrected chi connectivity index (χ2v) is 7.34. The van der Waals surface area contributed by atoms with Gasteiger partial charge in [-0.1, -0.05) is 22.0 Å². The molecule has 21 heavy (non-hydrogen) atoms. The number of halogens is 1. The normalized spacial score (nSPS) is 19.2. The highest BCUT2D eigenvalue weighted by Crippen LogP contribution is 2.21. The quantitative estimate of drug-likeness (QED) is 0.862. The number of anilines is 1. The van der Waals surface area contributed by atoms with E-state index in [4.69, 9.17) is 4.74 Å². The average Bonchev–Trinajstić information content (AvgIpc) is 2.37. The van der Waals surface area contributed by atoms with E-state index >= 15 is 0 Å². The van der Waals surface area contributed by atoms with E-state index in [1.807, 2.05) is 45.0 Å². The fourth-order valence-corrected chi connectivity index (χ4v) is 2.80. The molecule has 1 N–H and O–H groups in total. The number of nitrogens with zero attached hydrogens (tertiary/aromatic N) is 1. The minimum Gasteiger partial charge on any atom is -0.444 e. The molecule has 4 nitrogen and oxygen atoms in total. The lowest BCUT2D eigenvalue weighted by Gasteiger charge is -2.34. The van der Waals surface area contributed by atoms with E-state index in [1.54, 1.807) is 4.90 Å². The van der Waals surface area contributed by atoms with E-state index in [0.717, 1.165) is 29.5 Å². The highest BCUT2D eigenvalue weighted by molar-refractivity contribution is 9.10. The van der Waals surface area contributed by atoms with E-state index in [0.29, 0.717) is 6.54 Å². The summed E-state index contributed by atoms with van der Waals surface area (Å²) in [6.07, 6.45) is 1.83. The number of piperidine rings is 1. The number of rotatable bonds is 2. The topological polar surface area (TPSA) is 41.6 Å². The molecule has 5 heteroatoms. The lowest BCUT2D eigenvalue weighted by atomic mass is 10.1. The molecule has 1 fully saturated rings. The molecule has 1 aromatic carbocycles. The van der Waals surface area contributed by atoms with E-state index < -0.39 is 5.60 Å². The van der Waals surface area contributed by atoms with Gasteiger partial charge in [-0.2, -0.15) is 0 Å². The zero-order valence-corrected chi connectivity index (χ0v) is 14.4. The van der Waals surface area contributed by atoms with Crippen LogP contribution in [0.15, 0.2) is 28.7 Å². The van der Waals surface area contributed by atoms with Gasteiger partial charge in [0, 0.05) is 29.3 Å². The Labute approximate surface area is 135 Å². The van der Waals surface area contributed by atoms with E-state index in [9.17, 15) is 4.79 Å². The molecular formula is C16H23BrN2O2. The van der Waals surface area contributed by atoms with E-state index in [2.05, 4.69) is 21.2 Å². The van der Waals surface area contributed by atoms with Gasteiger partial charge in [-0.15, -0.1) is 0 Å². The smallest absolute Gasteiger partial charge is 0.410 e. The maximum Gasteiger partial charge on any atom is 0.410 e. The van der Waals surface area contributed by atoms with Crippen LogP contribution < -0.4 is 5.32 Å². The molecule has 1 atom stereocenters. The number of benzene rings is 1. The molecule has 0 aliphatic carbocycles. The zero-order chi connectivity index (χ0) is 15.5. The predicted octanol–water partition coefficient (Wildman–Crippen LogP) is 4.26. The van der Waals surface area contributed by atoms with Crippen LogP contribution >= 0.6 is 15.9 Å². The number of amides is 1. The minimum absolute atomic E-state index is 0.219. The first-order chi connectivity index (χ1) is 9.83. The first-order valence-electron chi connectivity index (χ1n) is 7.33. The second-order valence-electron chi connectivity index (χ2n) is 6.42. The van der Waals surface area contributed by atoms with Crippen LogP contribution in [0.25, 0.3) is 0 Å². The summed E-state index contributed by atoms with van der Waals surface area (Å²) in [7, 11) is 0. The van der Waals surface area contributed by atoms with Gasteiger partial charge in [0.25, 0.3) is 0 Å². The fraction of sp³-hybridized carbons (Fsp3) is 0.562. The predicted molar refractivity (Wildman–Crippen MR) is 88.6 cm³/mol. The van der Waals surface area contributed by atoms with Gasteiger partial charge >= 0.3 is 6.09 Å². The molecule has 1 amide bonds. The number of likely N-dealkylation sites (tertiary alicyclic amines) is 1. The van der Waals surface area contributed by atoms with Crippen LogP contribution in [0.3, 0.4) is 0 Å². The molecule has 2 rings (SSSR count). The fourth-order valence-electron chi connectivity index (χ4n) is 2.40. The Bertz CT molecular complexity index is 499. The Hall–Kier alpha value is -1.23. The van der Waals surface area contributed by atoms with Gasteiger partial charge in [-0.05, 0) is 51.8 Å². The molecule has 1 aliphatic heterocycles. The zero-order valence-electron chi connectivity index (χ0n) is 12.9. The minimum atomic E-state index is -0.443. The molecule has 0 saturated carbocycles. The summed E-state index contributed by atoms with van der Waals surface area (Å²) in [4.78, 5) is 13.9. The SMILES string of the molecule is CC(C)(C)OC(=O)N1CCC[C@@H](Nc2cccc(Br)c2)C1. The van der Waals surface area contributed by atoms with Gasteiger partial charge in [0.05, 0.1) is 0 Å². The van der Waals surface area contributed by atoms with Crippen molar-refractivity contribution in [2.45, 2.75) is 45.3 Å². The number of hydrogen-bond acceptors (Lipinski definition) is 3. The largest absolute Gasteiger partial charge is 0.444 e. The standard InChI is InChI=1S/C16H23BrN2O2/c1-16(2,3)21-15(20)19-9-5-8-14(11-19)18-13-7-4-6-12(17)10-13/h4,6-7,10,14,18H,5,8-9,11H2,1-3H3/t14-/m1/s1. The molecule has 0 unspecified atom stereocenters. The van der Waals surface area contributed by atoms with E-state index in [-0.39, 0.29) is 12.1 Å². The second kappa shape index (κ2) is 6.69. The Kier molecular flexibility index (Phi) is 5.14. The van der Waals surface area contributed by atoms with Crippen LogP contribution in [-0.4, -0.2) is 35.7 Å². The van der Waals surface area contributed by atoms with Crippen LogP contribution in [0, 0.1) is 0 Å². The summed E-state index contributed by atoms with van der Waals surface area (Å²) in [5.41, 5.74) is 0.627. The van der Waals surface area contributed by atoms with Crippen molar-refractivity contribution in [2.75, 3.05) is 18.4 Å². The third-order valence-corrected chi connectivity index (χ3v) is 3.76. The lowest BCUT2D eigenvalue weighted by Crippen LogP contribution is -2.46. The Morgan fingerprint density at radius 3 is 2.86 bits per heavy atom. The van der Waals surface area contributed by atoms with Crippen LogP contribution in [-0.2, 0) is 4.74 Å². The maximum absolute atomic E-state index is 12.1. The Morgan fingerprint density at radius 2 is 2.19 bits per heavy atom. The van der Waals surface area contributed by atoms with Crippen molar-refractivity contribution in [2.24, 2.45) is 0 Å². The summed E-state index contributed by atoms with van der Waals surface area (Å²) < 4.78 is 6.49. The number of hydrogen-bond donors (Lipinski definition) is 1. The third kappa shape index (κ3) is 5.23. The highest BCUT2D eigenvalue weighted by atomic mass is 79.9. The lowest BCUT2D eigenvalue weighted by molar-refractivity contribution is 0.0206. The van der Waals surface area contributed by atoms with Gasteiger partial charge < -0.3 is 15.0 Å². The van der Waals surface area contributed by atoms with Crippen molar-refractivity contribution in [1.82, 2.24) is 4.90 Å². The molecule has 1 aromatic rings. The van der Waals surface area contributed by atoms with E-state index in [1.165, 1.54) is 0 Å². The molecule has 1 heterocycles. The van der Waals surface area contributed by atoms with Crippen LogP contribution in [0.2, 0.25) is 0 Å². The van der Waals surface area contributed by atoms with Gasteiger partial charge in [-0.25, -0.2) is 4.79 Å². The number of carbonyl (C=O) groups excluding carboxylic acids is 1. The molecular weight excluding hydrogens is 332 g/mol. The molecule has 0 spiro atoms. The van der Waals surface area contributed by atoms with Crippen molar-refractivity contribution in [3.63, 3.8) is 0 Å². The monoisotopic (exact) mass is 354 g/mol. The number of nitrogens with one attached hydrogen (secondary N) is 1. The Morgan fingerprint density at radius 1 is 1.43 bits per heavy atom. The first kappa shape index (κ1) is 16.1. The van der Waals surface area contributed by atoms with Crippen molar-refractivity contribution in [1.29, 1.82) is 0 Å². The van der Waals surface area contributed by atoms with Gasteiger partial charge in [0.2, 0.25) is 0 Å². The molecule has 116 valence electrons. The summed E-state index contributed by atoms with van der Waals surface area (Å²) in [6.45, 7) is 7.14. The molecule has 0 radical (unpaired) electrons. The maximum atomic E-state index is 12.1. The summed E-state index contributed by atoms with van der Waals surface area (Å²) in [6, 6.07) is 8.35. The summed E-state index contributed by atoms with van der Waals surface area (Å²) in [5, 5.41) is 3.49. The highest BCUT2D eigenvalue weighted by Gasteiger charge is 2.27. The Balaban J connectivity index is 1.93. The van der Waals surface area contributed by atoms with Crippen molar-refractivity contribution in [3.8, 4) is 0 Å². The number of ether oxygens (including phenoxy) is 1. The first-order valence-corrected chi connectivity index (χ1v) is 8.13. The van der Waals surface area contributed by atoms with Gasteiger partial charge in [-0.3, -0.25) is 0 Å². The summed E-state index contributed by atoms with van der Waals surface area (Å²) >= 11 is 3.47. The average molecular weight is 355 g/mol. The van der Waals surface area contributed by atoms with Crippen LogP contribution in [0.4, 0.5) is 10.5 Å². The molecule has 1 aliphatic rings. The molecule has 0 aromatic heterocycles. The van der Waals surface area contributed by atoms with Crippen molar-refractivity contribution >= 4 is 27.7 Å².